The number of aryl methyl sites for hydroxylation is 1. The largest absolute Gasteiger partial charge is 0.383 e. The lowest BCUT2D eigenvalue weighted by atomic mass is 9.69. The Morgan fingerprint density at radius 1 is 0.667 bits per heavy atom. The molecular formula is C60H52N14O. The Morgan fingerprint density at radius 2 is 1.31 bits per heavy atom. The number of fused-ring (bicyclic) bond motifs is 4. The number of nitrogens with two attached hydrogens (primary N) is 3. The van der Waals surface area contributed by atoms with Crippen LogP contribution in [0.15, 0.2) is 152 Å². The lowest BCUT2D eigenvalue weighted by Gasteiger charge is -2.46. The van der Waals surface area contributed by atoms with Crippen molar-refractivity contribution in [2.24, 2.45) is 11.5 Å². The monoisotopic (exact) mass is 984 g/mol. The summed E-state index contributed by atoms with van der Waals surface area (Å²) in [4.78, 5) is 46.2. The second-order valence-corrected chi connectivity index (χ2v) is 20.5. The standard InChI is InChI=1S/C60H52N14O/c1-2-38-30-35-29-34(11-20-47(35)66-38)46-21-23-50-57(69-46)73(55(71-50)43-8-4-27-64-53(43)61)40-18-14-37(15-19-40)60(63)32-39(33-60)67-54-44(9-5-28-65-54)56-72-51-24-22-49(42-7-3-10-48-45(42)31-52(75)68-48)70-58(51)74(56)41-16-12-36(13-17-41)59(62)25-6-26-59/h3-5,7-24,27-30,39,66H,2,6,25-26,31-33,62-63H2,1H3,(H2,61,64)(H,65,67)(H,68,75). The molecule has 2 aliphatic carbocycles. The van der Waals surface area contributed by atoms with E-state index in [2.05, 4.69) is 109 Å². The summed E-state index contributed by atoms with van der Waals surface area (Å²) in [6.45, 7) is 2.15. The van der Waals surface area contributed by atoms with Gasteiger partial charge in [0.25, 0.3) is 0 Å². The normalized spacial score (nSPS) is 17.7. The number of pyridine rings is 4. The SMILES string of the molecule is CCc1cc2cc(-c3ccc4nc(-c5cccnc5N)n(-c5ccc(C6(N)CC(Nc7ncccc7-c7nc8ccc(-c9cccc%10c9CC(=O)N%10)nc8n7-c7ccc(C8(N)CCC8)cc7)C6)cc5)c4n3)ccc2[nH]1. The molecule has 2 fully saturated rings. The number of hydrogen-bond donors (Lipinski definition) is 6. The molecule has 9 N–H and O–H groups in total. The number of imidazole rings is 2. The van der Waals surface area contributed by atoms with Gasteiger partial charge in [0.15, 0.2) is 22.9 Å². The second-order valence-electron chi connectivity index (χ2n) is 20.5. The van der Waals surface area contributed by atoms with Crippen LogP contribution in [-0.4, -0.2) is 56.0 Å². The van der Waals surface area contributed by atoms with Crippen LogP contribution in [0.25, 0.3) is 89.9 Å². The molecule has 368 valence electrons. The molecule has 15 heteroatoms. The van der Waals surface area contributed by atoms with E-state index < -0.39 is 5.54 Å². The van der Waals surface area contributed by atoms with Gasteiger partial charge in [-0.1, -0.05) is 49.4 Å². The highest BCUT2D eigenvalue weighted by Gasteiger charge is 2.43. The minimum atomic E-state index is -0.591. The molecule has 8 heterocycles. The molecule has 1 aliphatic heterocycles. The summed E-state index contributed by atoms with van der Waals surface area (Å²) >= 11 is 0. The average molecular weight is 985 g/mol. The topological polar surface area (TPSA) is 222 Å². The quantitative estimate of drug-likeness (QED) is 0.0715. The predicted octanol–water partition coefficient (Wildman–Crippen LogP) is 10.5. The number of carbonyl (C=O) groups excluding carboxylic acids is 1. The third-order valence-corrected chi connectivity index (χ3v) is 15.8. The van der Waals surface area contributed by atoms with Crippen LogP contribution in [0.1, 0.15) is 61.4 Å². The van der Waals surface area contributed by atoms with Gasteiger partial charge in [-0.3, -0.25) is 13.9 Å². The zero-order chi connectivity index (χ0) is 50.6. The van der Waals surface area contributed by atoms with Crippen molar-refractivity contribution in [3.05, 3.63) is 174 Å². The van der Waals surface area contributed by atoms with E-state index in [-0.39, 0.29) is 17.5 Å². The highest BCUT2D eigenvalue weighted by molar-refractivity contribution is 6.02. The second kappa shape index (κ2) is 17.0. The zero-order valence-electron chi connectivity index (χ0n) is 41.2. The summed E-state index contributed by atoms with van der Waals surface area (Å²) in [5, 5.41) is 7.90. The predicted molar refractivity (Wildman–Crippen MR) is 295 cm³/mol. The van der Waals surface area contributed by atoms with Gasteiger partial charge in [-0.25, -0.2) is 29.9 Å². The molecule has 0 bridgehead atoms. The number of carbonyl (C=O) groups is 1. The fraction of sp³-hybridized carbons (Fsp3) is 0.183. The van der Waals surface area contributed by atoms with E-state index in [4.69, 9.17) is 42.1 Å². The van der Waals surface area contributed by atoms with Gasteiger partial charge in [0, 0.05) is 74.3 Å². The van der Waals surface area contributed by atoms with Gasteiger partial charge in [0.05, 0.1) is 28.9 Å². The first-order valence-electron chi connectivity index (χ1n) is 25.6. The Kier molecular flexibility index (Phi) is 10.1. The number of nitrogens with zero attached hydrogens (tertiary/aromatic N) is 8. The van der Waals surface area contributed by atoms with Crippen LogP contribution in [0.3, 0.4) is 0 Å². The molecule has 7 aromatic heterocycles. The fourth-order valence-electron chi connectivity index (χ4n) is 11.5. The summed E-state index contributed by atoms with van der Waals surface area (Å²) in [5.41, 5.74) is 35.6. The third-order valence-electron chi connectivity index (χ3n) is 15.8. The minimum absolute atomic E-state index is 0.0237. The van der Waals surface area contributed by atoms with Crippen molar-refractivity contribution in [3.8, 4) is 56.7 Å². The molecule has 0 atom stereocenters. The third kappa shape index (κ3) is 7.44. The molecule has 1 amide bonds. The van der Waals surface area contributed by atoms with Crippen LogP contribution in [-0.2, 0) is 28.7 Å². The molecule has 0 unspecified atom stereocenters. The number of nitrogens with one attached hydrogen (secondary N) is 3. The number of benzene rings is 4. The molecule has 3 aliphatic rings. The van der Waals surface area contributed by atoms with Crippen LogP contribution < -0.4 is 27.8 Å². The lowest BCUT2D eigenvalue weighted by molar-refractivity contribution is -0.115. The van der Waals surface area contributed by atoms with E-state index in [1.807, 2.05) is 66.7 Å². The molecule has 14 rings (SSSR count). The number of aromatic amines is 1. The Balaban J connectivity index is 0.776. The molecule has 0 radical (unpaired) electrons. The summed E-state index contributed by atoms with van der Waals surface area (Å²) in [5.74, 6) is 2.41. The fourth-order valence-corrected chi connectivity index (χ4v) is 11.5. The van der Waals surface area contributed by atoms with Crippen molar-refractivity contribution in [1.82, 2.24) is 44.0 Å². The highest BCUT2D eigenvalue weighted by atomic mass is 16.1. The van der Waals surface area contributed by atoms with Crippen molar-refractivity contribution in [2.45, 2.75) is 69.0 Å². The summed E-state index contributed by atoms with van der Waals surface area (Å²) in [6.07, 6.45) is 9.13. The zero-order valence-corrected chi connectivity index (χ0v) is 41.2. The van der Waals surface area contributed by atoms with Crippen molar-refractivity contribution >= 4 is 56.5 Å². The number of H-pyrrole nitrogens is 1. The Bertz CT molecular complexity index is 4090. The van der Waals surface area contributed by atoms with Crippen LogP contribution in [0, 0.1) is 0 Å². The molecule has 0 saturated heterocycles. The van der Waals surface area contributed by atoms with E-state index in [1.165, 1.54) is 5.69 Å². The van der Waals surface area contributed by atoms with Crippen LogP contribution in [0.5, 0.6) is 0 Å². The number of amides is 1. The van der Waals surface area contributed by atoms with Gasteiger partial charge in [-0.05, 0) is 152 Å². The number of rotatable bonds is 11. The van der Waals surface area contributed by atoms with Crippen molar-refractivity contribution in [3.63, 3.8) is 0 Å². The number of hydrogen-bond acceptors (Lipinski definition) is 11. The number of anilines is 3. The van der Waals surface area contributed by atoms with E-state index in [0.717, 1.165) is 109 Å². The average Bonchev–Trinajstić information content (AvgIpc) is 4.26. The molecule has 2 saturated carbocycles. The minimum Gasteiger partial charge on any atom is -0.383 e. The van der Waals surface area contributed by atoms with Gasteiger partial charge < -0.3 is 32.8 Å². The Hall–Kier alpha value is -9.05. The Labute approximate surface area is 431 Å². The maximum atomic E-state index is 12.5. The van der Waals surface area contributed by atoms with Crippen LogP contribution in [0.4, 0.5) is 17.3 Å². The maximum Gasteiger partial charge on any atom is 0.228 e. The smallest absolute Gasteiger partial charge is 0.228 e. The van der Waals surface area contributed by atoms with Gasteiger partial charge in [-0.15, -0.1) is 0 Å². The van der Waals surface area contributed by atoms with Crippen LogP contribution in [0.2, 0.25) is 0 Å². The molecule has 75 heavy (non-hydrogen) atoms. The first-order chi connectivity index (χ1) is 36.6. The van der Waals surface area contributed by atoms with Gasteiger partial charge in [-0.2, -0.15) is 0 Å². The molecule has 11 aromatic rings. The van der Waals surface area contributed by atoms with Crippen molar-refractivity contribution in [1.29, 1.82) is 0 Å². The molecule has 0 spiro atoms. The highest BCUT2D eigenvalue weighted by Crippen LogP contribution is 2.44. The van der Waals surface area contributed by atoms with E-state index >= 15 is 0 Å². The van der Waals surface area contributed by atoms with Gasteiger partial charge in [0.2, 0.25) is 5.91 Å². The molecule has 15 nitrogen and oxygen atoms in total. The lowest BCUT2D eigenvalue weighted by Crippen LogP contribution is -2.54. The first kappa shape index (κ1) is 44.6. The number of aromatic nitrogens is 9. The van der Waals surface area contributed by atoms with Crippen molar-refractivity contribution in [2.75, 3.05) is 16.4 Å². The van der Waals surface area contributed by atoms with Crippen molar-refractivity contribution < 1.29 is 4.79 Å². The summed E-state index contributed by atoms with van der Waals surface area (Å²) < 4.78 is 4.17. The van der Waals surface area contributed by atoms with Gasteiger partial charge >= 0.3 is 0 Å². The summed E-state index contributed by atoms with van der Waals surface area (Å²) in [6, 6.07) is 47.2. The maximum absolute atomic E-state index is 12.5. The van der Waals surface area contributed by atoms with E-state index in [9.17, 15) is 4.79 Å². The first-order valence-corrected chi connectivity index (χ1v) is 25.6. The molecular weight excluding hydrogens is 933 g/mol. The van der Waals surface area contributed by atoms with E-state index in [0.29, 0.717) is 59.4 Å². The van der Waals surface area contributed by atoms with Crippen LogP contribution >= 0.6 is 0 Å². The molecule has 4 aromatic carbocycles. The number of nitrogen functional groups attached to an aromatic ring is 1. The van der Waals surface area contributed by atoms with E-state index in [1.54, 1.807) is 12.4 Å². The summed E-state index contributed by atoms with van der Waals surface area (Å²) in [7, 11) is 0. The van der Waals surface area contributed by atoms with Gasteiger partial charge in [0.1, 0.15) is 22.7 Å². The Morgan fingerprint density at radius 3 is 1.99 bits per heavy atom.